The molecular weight excluding hydrogens is 226 g/mol. The SMILES string of the molecule is CCOC(=O)NCc1cc(O)c(O)c(OC)c1. The molecule has 1 aromatic rings. The monoisotopic (exact) mass is 241 g/mol. The van der Waals surface area contributed by atoms with E-state index in [2.05, 4.69) is 10.1 Å². The molecule has 17 heavy (non-hydrogen) atoms. The number of hydrogen-bond acceptors (Lipinski definition) is 5. The Balaban J connectivity index is 2.72. The molecule has 0 radical (unpaired) electrons. The lowest BCUT2D eigenvalue weighted by molar-refractivity contribution is 0.151. The van der Waals surface area contributed by atoms with Crippen molar-refractivity contribution in [3.8, 4) is 17.2 Å². The van der Waals surface area contributed by atoms with E-state index in [1.54, 1.807) is 6.92 Å². The third-order valence-corrected chi connectivity index (χ3v) is 2.05. The topological polar surface area (TPSA) is 88.0 Å². The number of alkyl carbamates (subject to hydrolysis) is 1. The van der Waals surface area contributed by atoms with Crippen LogP contribution in [0.25, 0.3) is 0 Å². The molecule has 0 saturated heterocycles. The normalized spacial score (nSPS) is 9.76. The molecule has 0 heterocycles. The van der Waals surface area contributed by atoms with Gasteiger partial charge in [-0.3, -0.25) is 0 Å². The van der Waals surface area contributed by atoms with Crippen LogP contribution in [0.2, 0.25) is 0 Å². The van der Waals surface area contributed by atoms with Crippen molar-refractivity contribution < 1.29 is 24.5 Å². The molecule has 1 rings (SSSR count). The number of aromatic hydroxyl groups is 2. The maximum atomic E-state index is 11.0. The number of methoxy groups -OCH3 is 1. The third kappa shape index (κ3) is 3.44. The molecule has 0 aromatic heterocycles. The van der Waals surface area contributed by atoms with Crippen molar-refractivity contribution in [3.05, 3.63) is 17.7 Å². The number of phenols is 2. The van der Waals surface area contributed by atoms with E-state index in [9.17, 15) is 15.0 Å². The van der Waals surface area contributed by atoms with Gasteiger partial charge in [-0.15, -0.1) is 0 Å². The summed E-state index contributed by atoms with van der Waals surface area (Å²) in [6, 6.07) is 2.85. The summed E-state index contributed by atoms with van der Waals surface area (Å²) in [6.07, 6.45) is -0.543. The Morgan fingerprint density at radius 2 is 2.12 bits per heavy atom. The lowest BCUT2D eigenvalue weighted by Crippen LogP contribution is -2.23. The van der Waals surface area contributed by atoms with Crippen molar-refractivity contribution >= 4 is 6.09 Å². The fourth-order valence-corrected chi connectivity index (χ4v) is 1.26. The molecule has 0 aliphatic heterocycles. The molecule has 0 atom stereocenters. The summed E-state index contributed by atoms with van der Waals surface area (Å²) in [6.45, 7) is 2.16. The Morgan fingerprint density at radius 1 is 1.41 bits per heavy atom. The van der Waals surface area contributed by atoms with Gasteiger partial charge in [-0.05, 0) is 24.6 Å². The van der Waals surface area contributed by atoms with Crippen LogP contribution in [0, 0.1) is 0 Å². The highest BCUT2D eigenvalue weighted by Crippen LogP contribution is 2.36. The molecule has 0 spiro atoms. The molecule has 0 unspecified atom stereocenters. The van der Waals surface area contributed by atoms with Crippen LogP contribution in [0.4, 0.5) is 4.79 Å². The van der Waals surface area contributed by atoms with Gasteiger partial charge in [-0.1, -0.05) is 0 Å². The minimum Gasteiger partial charge on any atom is -0.504 e. The zero-order valence-electron chi connectivity index (χ0n) is 9.69. The van der Waals surface area contributed by atoms with Crippen molar-refractivity contribution in [3.63, 3.8) is 0 Å². The van der Waals surface area contributed by atoms with Gasteiger partial charge in [0, 0.05) is 6.54 Å². The second-order valence-corrected chi connectivity index (χ2v) is 3.24. The van der Waals surface area contributed by atoms with Crippen LogP contribution in [0.3, 0.4) is 0 Å². The summed E-state index contributed by atoms with van der Waals surface area (Å²) in [5.74, 6) is -0.483. The summed E-state index contributed by atoms with van der Waals surface area (Å²) >= 11 is 0. The maximum Gasteiger partial charge on any atom is 0.407 e. The predicted octanol–water partition coefficient (Wildman–Crippen LogP) is 1.35. The number of carbonyl (C=O) groups excluding carboxylic acids is 1. The summed E-state index contributed by atoms with van der Waals surface area (Å²) in [4.78, 5) is 11.0. The van der Waals surface area contributed by atoms with Crippen LogP contribution in [0.5, 0.6) is 17.2 Å². The molecule has 0 fully saturated rings. The van der Waals surface area contributed by atoms with Gasteiger partial charge in [0.05, 0.1) is 13.7 Å². The minimum atomic E-state index is -0.543. The maximum absolute atomic E-state index is 11.0. The van der Waals surface area contributed by atoms with Crippen LogP contribution >= 0.6 is 0 Å². The van der Waals surface area contributed by atoms with Crippen LogP contribution in [0.1, 0.15) is 12.5 Å². The number of rotatable bonds is 4. The van der Waals surface area contributed by atoms with Crippen LogP contribution < -0.4 is 10.1 Å². The Bertz CT molecular complexity index is 405. The van der Waals surface area contributed by atoms with E-state index < -0.39 is 6.09 Å². The molecule has 0 saturated carbocycles. The zero-order chi connectivity index (χ0) is 12.8. The summed E-state index contributed by atoms with van der Waals surface area (Å²) < 4.78 is 9.55. The molecule has 1 amide bonds. The number of amides is 1. The van der Waals surface area contributed by atoms with Crippen LogP contribution in [-0.4, -0.2) is 30.0 Å². The Kier molecular flexibility index (Phi) is 4.45. The average Bonchev–Trinajstić information content (AvgIpc) is 2.31. The van der Waals surface area contributed by atoms with Gasteiger partial charge in [-0.25, -0.2) is 4.79 Å². The number of benzene rings is 1. The lowest BCUT2D eigenvalue weighted by atomic mass is 10.2. The van der Waals surface area contributed by atoms with Crippen molar-refractivity contribution in [2.24, 2.45) is 0 Å². The molecule has 1 aromatic carbocycles. The fraction of sp³-hybridized carbons (Fsp3) is 0.364. The molecule has 0 aliphatic carbocycles. The highest BCUT2D eigenvalue weighted by Gasteiger charge is 2.10. The lowest BCUT2D eigenvalue weighted by Gasteiger charge is -2.09. The Labute approximate surface area is 98.8 Å². The summed E-state index contributed by atoms with van der Waals surface area (Å²) in [7, 11) is 1.37. The number of hydrogen-bond donors (Lipinski definition) is 3. The average molecular weight is 241 g/mol. The van der Waals surface area contributed by atoms with Crippen molar-refractivity contribution in [2.45, 2.75) is 13.5 Å². The van der Waals surface area contributed by atoms with Crippen molar-refractivity contribution in [2.75, 3.05) is 13.7 Å². The number of ether oxygens (including phenoxy) is 2. The number of carbonyl (C=O) groups is 1. The first-order valence-electron chi connectivity index (χ1n) is 5.08. The highest BCUT2D eigenvalue weighted by atomic mass is 16.5. The minimum absolute atomic E-state index is 0.144. The molecular formula is C11H15NO5. The quantitative estimate of drug-likeness (QED) is 0.692. The second kappa shape index (κ2) is 5.83. The molecule has 0 bridgehead atoms. The molecule has 94 valence electrons. The first-order valence-corrected chi connectivity index (χ1v) is 5.08. The molecule has 3 N–H and O–H groups in total. The first-order chi connectivity index (χ1) is 8.08. The summed E-state index contributed by atoms with van der Waals surface area (Å²) in [5.41, 5.74) is 0.588. The van der Waals surface area contributed by atoms with E-state index in [4.69, 9.17) is 4.74 Å². The van der Waals surface area contributed by atoms with E-state index in [1.807, 2.05) is 0 Å². The van der Waals surface area contributed by atoms with E-state index in [0.29, 0.717) is 5.56 Å². The highest BCUT2D eigenvalue weighted by molar-refractivity contribution is 5.67. The molecule has 6 nitrogen and oxygen atoms in total. The van der Waals surface area contributed by atoms with Crippen LogP contribution in [0.15, 0.2) is 12.1 Å². The van der Waals surface area contributed by atoms with E-state index in [1.165, 1.54) is 19.2 Å². The van der Waals surface area contributed by atoms with Crippen molar-refractivity contribution in [1.29, 1.82) is 0 Å². The van der Waals surface area contributed by atoms with Crippen molar-refractivity contribution in [1.82, 2.24) is 5.32 Å². The zero-order valence-corrected chi connectivity index (χ0v) is 9.69. The Morgan fingerprint density at radius 3 is 2.71 bits per heavy atom. The third-order valence-electron chi connectivity index (χ3n) is 2.05. The van der Waals surface area contributed by atoms with Gasteiger partial charge in [0.25, 0.3) is 0 Å². The van der Waals surface area contributed by atoms with E-state index in [0.717, 1.165) is 0 Å². The largest absolute Gasteiger partial charge is 0.504 e. The number of nitrogens with one attached hydrogen (secondary N) is 1. The standard InChI is InChI=1S/C11H15NO5/c1-3-17-11(15)12-6-7-4-8(13)10(14)9(5-7)16-2/h4-5,13-14H,3,6H2,1-2H3,(H,12,15). The number of phenolic OH excluding ortho intramolecular Hbond substituents is 2. The van der Waals surface area contributed by atoms with Gasteiger partial charge in [0.1, 0.15) is 0 Å². The van der Waals surface area contributed by atoms with Gasteiger partial charge in [0.2, 0.25) is 5.75 Å². The van der Waals surface area contributed by atoms with Crippen LogP contribution in [-0.2, 0) is 11.3 Å². The second-order valence-electron chi connectivity index (χ2n) is 3.24. The van der Waals surface area contributed by atoms with Gasteiger partial charge >= 0.3 is 6.09 Å². The van der Waals surface area contributed by atoms with E-state index >= 15 is 0 Å². The molecule has 0 aliphatic rings. The first kappa shape index (κ1) is 13.0. The predicted molar refractivity (Wildman–Crippen MR) is 60.2 cm³/mol. The summed E-state index contributed by atoms with van der Waals surface area (Å²) in [5, 5.41) is 21.3. The Hall–Kier alpha value is -2.11. The fourth-order valence-electron chi connectivity index (χ4n) is 1.26. The van der Waals surface area contributed by atoms with E-state index in [-0.39, 0.29) is 30.4 Å². The molecule has 6 heteroatoms. The smallest absolute Gasteiger partial charge is 0.407 e. The van der Waals surface area contributed by atoms with Gasteiger partial charge < -0.3 is 25.0 Å². The van der Waals surface area contributed by atoms with Gasteiger partial charge in [-0.2, -0.15) is 0 Å². The van der Waals surface area contributed by atoms with Gasteiger partial charge in [0.15, 0.2) is 11.5 Å².